The van der Waals surface area contributed by atoms with Crippen molar-refractivity contribution in [3.05, 3.63) is 72.3 Å². The number of para-hydroxylation sites is 1. The SMILES string of the molecule is COc1ccccc1CC1CCCN1C(=O)Nc1cnn(Cc2ccccn2)c1. The molecule has 1 fully saturated rings. The maximum atomic E-state index is 12.9. The van der Waals surface area contributed by atoms with Gasteiger partial charge in [0.2, 0.25) is 0 Å². The van der Waals surface area contributed by atoms with E-state index in [9.17, 15) is 4.79 Å². The molecule has 3 aromatic rings. The van der Waals surface area contributed by atoms with Crippen LogP contribution in [0.2, 0.25) is 0 Å². The molecule has 1 unspecified atom stereocenters. The van der Waals surface area contributed by atoms with Crippen LogP contribution >= 0.6 is 0 Å². The van der Waals surface area contributed by atoms with Crippen molar-refractivity contribution in [2.45, 2.75) is 31.8 Å². The third-order valence-corrected chi connectivity index (χ3v) is 5.22. The Morgan fingerprint density at radius 1 is 1.24 bits per heavy atom. The van der Waals surface area contributed by atoms with E-state index in [0.717, 1.165) is 42.8 Å². The molecule has 2 aromatic heterocycles. The van der Waals surface area contributed by atoms with Crippen LogP contribution in [0.3, 0.4) is 0 Å². The molecule has 1 N–H and O–H groups in total. The summed E-state index contributed by atoms with van der Waals surface area (Å²) >= 11 is 0. The lowest BCUT2D eigenvalue weighted by Crippen LogP contribution is -2.39. The van der Waals surface area contributed by atoms with Crippen molar-refractivity contribution < 1.29 is 9.53 Å². The molecule has 0 aliphatic carbocycles. The van der Waals surface area contributed by atoms with Crippen LogP contribution in [-0.2, 0) is 13.0 Å². The van der Waals surface area contributed by atoms with Gasteiger partial charge in [0.05, 0.1) is 31.2 Å². The van der Waals surface area contributed by atoms with E-state index in [1.165, 1.54) is 0 Å². The average Bonchev–Trinajstić information content (AvgIpc) is 3.38. The Kier molecular flexibility index (Phi) is 5.74. The molecule has 7 heteroatoms. The summed E-state index contributed by atoms with van der Waals surface area (Å²) in [7, 11) is 1.68. The van der Waals surface area contributed by atoms with Gasteiger partial charge < -0.3 is 15.0 Å². The molecule has 29 heavy (non-hydrogen) atoms. The first-order valence-corrected chi connectivity index (χ1v) is 9.85. The largest absolute Gasteiger partial charge is 0.496 e. The van der Waals surface area contributed by atoms with Gasteiger partial charge in [-0.05, 0) is 43.0 Å². The van der Waals surface area contributed by atoms with E-state index in [1.54, 1.807) is 24.2 Å². The molecular weight excluding hydrogens is 366 g/mol. The van der Waals surface area contributed by atoms with Crippen molar-refractivity contribution in [2.24, 2.45) is 0 Å². The molecule has 0 saturated carbocycles. The van der Waals surface area contributed by atoms with Crippen molar-refractivity contribution in [3.63, 3.8) is 0 Å². The van der Waals surface area contributed by atoms with Gasteiger partial charge in [-0.2, -0.15) is 5.10 Å². The van der Waals surface area contributed by atoms with Crippen LogP contribution in [0.5, 0.6) is 5.75 Å². The van der Waals surface area contributed by atoms with E-state index in [4.69, 9.17) is 4.74 Å². The molecule has 0 bridgehead atoms. The normalized spacial score (nSPS) is 16.0. The van der Waals surface area contributed by atoms with Gasteiger partial charge in [-0.15, -0.1) is 0 Å². The number of pyridine rings is 1. The number of ether oxygens (including phenoxy) is 1. The minimum atomic E-state index is -0.0835. The zero-order chi connectivity index (χ0) is 20.1. The topological polar surface area (TPSA) is 72.3 Å². The summed E-state index contributed by atoms with van der Waals surface area (Å²) in [6.07, 6.45) is 8.05. The summed E-state index contributed by atoms with van der Waals surface area (Å²) in [4.78, 5) is 19.1. The van der Waals surface area contributed by atoms with Gasteiger partial charge in [0, 0.05) is 25.0 Å². The highest BCUT2D eigenvalue weighted by atomic mass is 16.5. The van der Waals surface area contributed by atoms with Gasteiger partial charge in [-0.1, -0.05) is 24.3 Å². The number of hydrogen-bond acceptors (Lipinski definition) is 4. The summed E-state index contributed by atoms with van der Waals surface area (Å²) in [5, 5.41) is 7.31. The number of benzene rings is 1. The molecule has 2 amide bonds. The van der Waals surface area contributed by atoms with E-state index in [-0.39, 0.29) is 12.1 Å². The van der Waals surface area contributed by atoms with E-state index < -0.39 is 0 Å². The highest BCUT2D eigenvalue weighted by Crippen LogP contribution is 2.26. The number of urea groups is 1. The van der Waals surface area contributed by atoms with Gasteiger partial charge >= 0.3 is 6.03 Å². The summed E-state index contributed by atoms with van der Waals surface area (Å²) < 4.78 is 7.24. The van der Waals surface area contributed by atoms with Crippen LogP contribution in [-0.4, -0.2) is 45.4 Å². The standard InChI is InChI=1S/C22H25N5O2/c1-29-21-10-3-2-7-17(21)13-20-9-6-12-27(20)22(28)25-19-14-24-26(16-19)15-18-8-4-5-11-23-18/h2-5,7-8,10-11,14,16,20H,6,9,12-13,15H2,1H3,(H,25,28). The quantitative estimate of drug-likeness (QED) is 0.697. The van der Waals surface area contributed by atoms with Gasteiger partial charge in [-0.25, -0.2) is 4.79 Å². The van der Waals surface area contributed by atoms with Crippen LogP contribution in [0, 0.1) is 0 Å². The summed E-state index contributed by atoms with van der Waals surface area (Å²) in [6, 6.07) is 13.9. The Bertz CT molecular complexity index is 957. The van der Waals surface area contributed by atoms with Gasteiger partial charge in [-0.3, -0.25) is 9.67 Å². The number of anilines is 1. The first-order chi connectivity index (χ1) is 14.2. The minimum absolute atomic E-state index is 0.0835. The van der Waals surface area contributed by atoms with Gasteiger partial charge in [0.25, 0.3) is 0 Å². The lowest BCUT2D eigenvalue weighted by Gasteiger charge is -2.25. The van der Waals surface area contributed by atoms with Crippen LogP contribution in [0.15, 0.2) is 61.1 Å². The second-order valence-corrected chi connectivity index (χ2v) is 7.18. The van der Waals surface area contributed by atoms with Crippen molar-refractivity contribution in [1.82, 2.24) is 19.7 Å². The Labute approximate surface area is 170 Å². The predicted molar refractivity (Wildman–Crippen MR) is 111 cm³/mol. The summed E-state index contributed by atoms with van der Waals surface area (Å²) in [5.41, 5.74) is 2.74. The third kappa shape index (κ3) is 4.56. The Hall–Kier alpha value is -3.35. The zero-order valence-corrected chi connectivity index (χ0v) is 16.5. The number of nitrogens with zero attached hydrogens (tertiary/aromatic N) is 4. The number of aromatic nitrogens is 3. The fourth-order valence-electron chi connectivity index (χ4n) is 3.81. The predicted octanol–water partition coefficient (Wildman–Crippen LogP) is 3.57. The number of likely N-dealkylation sites (tertiary alicyclic amines) is 1. The molecule has 1 saturated heterocycles. The molecule has 0 radical (unpaired) electrons. The Morgan fingerprint density at radius 3 is 2.93 bits per heavy atom. The summed E-state index contributed by atoms with van der Waals surface area (Å²) in [6.45, 7) is 1.32. The van der Waals surface area contributed by atoms with Gasteiger partial charge in [0.15, 0.2) is 0 Å². The molecule has 1 aliphatic heterocycles. The lowest BCUT2D eigenvalue weighted by atomic mass is 10.0. The molecule has 1 atom stereocenters. The summed E-state index contributed by atoms with van der Waals surface area (Å²) in [5.74, 6) is 0.871. The average molecular weight is 391 g/mol. The molecular formula is C22H25N5O2. The molecule has 4 rings (SSSR count). The monoisotopic (exact) mass is 391 g/mol. The Morgan fingerprint density at radius 2 is 2.10 bits per heavy atom. The number of carbonyl (C=O) groups is 1. The fourth-order valence-corrected chi connectivity index (χ4v) is 3.81. The first kappa shape index (κ1) is 19.0. The molecule has 1 aromatic carbocycles. The van der Waals surface area contributed by atoms with E-state index >= 15 is 0 Å². The maximum Gasteiger partial charge on any atom is 0.322 e. The van der Waals surface area contributed by atoms with Crippen LogP contribution in [0.25, 0.3) is 0 Å². The molecule has 0 spiro atoms. The molecule has 3 heterocycles. The van der Waals surface area contributed by atoms with Crippen LogP contribution in [0.4, 0.5) is 10.5 Å². The number of methoxy groups -OCH3 is 1. The van der Waals surface area contributed by atoms with Crippen molar-refractivity contribution >= 4 is 11.7 Å². The first-order valence-electron chi connectivity index (χ1n) is 9.85. The van der Waals surface area contributed by atoms with Crippen molar-refractivity contribution in [3.8, 4) is 5.75 Å². The lowest BCUT2D eigenvalue weighted by molar-refractivity contribution is 0.206. The van der Waals surface area contributed by atoms with Crippen molar-refractivity contribution in [2.75, 3.05) is 19.0 Å². The number of amides is 2. The molecule has 1 aliphatic rings. The van der Waals surface area contributed by atoms with Crippen LogP contribution < -0.4 is 10.1 Å². The highest BCUT2D eigenvalue weighted by Gasteiger charge is 2.29. The van der Waals surface area contributed by atoms with E-state index in [0.29, 0.717) is 12.2 Å². The minimum Gasteiger partial charge on any atom is -0.496 e. The number of carbonyl (C=O) groups excluding carboxylic acids is 1. The maximum absolute atomic E-state index is 12.9. The Balaban J connectivity index is 1.39. The number of rotatable bonds is 6. The zero-order valence-electron chi connectivity index (χ0n) is 16.5. The van der Waals surface area contributed by atoms with Gasteiger partial charge in [0.1, 0.15) is 5.75 Å². The van der Waals surface area contributed by atoms with Crippen molar-refractivity contribution in [1.29, 1.82) is 0 Å². The second kappa shape index (κ2) is 8.77. The third-order valence-electron chi connectivity index (χ3n) is 5.22. The number of hydrogen-bond donors (Lipinski definition) is 1. The van der Waals surface area contributed by atoms with Crippen LogP contribution in [0.1, 0.15) is 24.1 Å². The molecule has 7 nitrogen and oxygen atoms in total. The molecule has 150 valence electrons. The van der Waals surface area contributed by atoms with E-state index in [1.807, 2.05) is 47.5 Å². The van der Waals surface area contributed by atoms with E-state index in [2.05, 4.69) is 21.5 Å². The number of nitrogens with one attached hydrogen (secondary N) is 1. The highest BCUT2D eigenvalue weighted by molar-refractivity contribution is 5.89. The fraction of sp³-hybridized carbons (Fsp3) is 0.318. The smallest absolute Gasteiger partial charge is 0.322 e. The second-order valence-electron chi connectivity index (χ2n) is 7.18.